The molecule has 1 aliphatic carbocycles. The van der Waals surface area contributed by atoms with Crippen molar-refractivity contribution >= 4 is 5.78 Å². The lowest BCUT2D eigenvalue weighted by atomic mass is 9.70. The lowest BCUT2D eigenvalue weighted by molar-refractivity contribution is -0.156. The molecule has 0 radical (unpaired) electrons. The Kier molecular flexibility index (Phi) is 3.36. The first-order chi connectivity index (χ1) is 7.54. The van der Waals surface area contributed by atoms with Crippen molar-refractivity contribution in [3.8, 4) is 0 Å². The molecule has 2 fully saturated rings. The molecule has 2 unspecified atom stereocenters. The first-order valence-electron chi connectivity index (χ1n) is 6.47. The summed E-state index contributed by atoms with van der Waals surface area (Å²) < 4.78 is 5.83. The van der Waals surface area contributed by atoms with E-state index in [9.17, 15) is 4.79 Å². The Morgan fingerprint density at radius 2 is 2.12 bits per heavy atom. The minimum atomic E-state index is -0.291. The normalized spacial score (nSPS) is 30.1. The zero-order valence-corrected chi connectivity index (χ0v) is 10.4. The maximum absolute atomic E-state index is 12.2. The molecule has 0 aromatic heterocycles. The highest BCUT2D eigenvalue weighted by molar-refractivity contribution is 5.86. The number of Topliss-reactive ketones (excluding diaryl/α,β-unsaturated/α-hetero) is 1. The SMILES string of the molecule is CC(C)C(N)C(=O)C1CCOC2(CCC2)C1. The van der Waals surface area contributed by atoms with Crippen molar-refractivity contribution in [2.75, 3.05) is 6.61 Å². The predicted octanol–water partition coefficient (Wildman–Crippen LogP) is 1.89. The van der Waals surface area contributed by atoms with Crippen molar-refractivity contribution < 1.29 is 9.53 Å². The zero-order valence-electron chi connectivity index (χ0n) is 10.4. The molecule has 2 rings (SSSR count). The van der Waals surface area contributed by atoms with Gasteiger partial charge in [0.2, 0.25) is 0 Å². The molecule has 92 valence electrons. The van der Waals surface area contributed by atoms with Crippen LogP contribution < -0.4 is 5.73 Å². The minimum Gasteiger partial charge on any atom is -0.375 e. The summed E-state index contributed by atoms with van der Waals surface area (Å²) in [6.45, 7) is 4.77. The summed E-state index contributed by atoms with van der Waals surface area (Å²) >= 11 is 0. The molecule has 2 atom stereocenters. The number of nitrogens with two attached hydrogens (primary N) is 1. The molecule has 16 heavy (non-hydrogen) atoms. The van der Waals surface area contributed by atoms with Crippen molar-refractivity contribution in [1.82, 2.24) is 0 Å². The molecule has 1 spiro atoms. The van der Waals surface area contributed by atoms with Crippen LogP contribution in [0.1, 0.15) is 46.0 Å². The van der Waals surface area contributed by atoms with E-state index in [0.29, 0.717) is 0 Å². The maximum Gasteiger partial charge on any atom is 0.153 e. The maximum atomic E-state index is 12.2. The molecule has 0 aromatic carbocycles. The molecular formula is C13H23NO2. The quantitative estimate of drug-likeness (QED) is 0.798. The van der Waals surface area contributed by atoms with Gasteiger partial charge < -0.3 is 10.5 Å². The van der Waals surface area contributed by atoms with Crippen LogP contribution in [-0.2, 0) is 9.53 Å². The van der Waals surface area contributed by atoms with Gasteiger partial charge in [0.05, 0.1) is 11.6 Å². The van der Waals surface area contributed by atoms with Gasteiger partial charge in [-0.15, -0.1) is 0 Å². The molecular weight excluding hydrogens is 202 g/mol. The van der Waals surface area contributed by atoms with Crippen LogP contribution in [0.5, 0.6) is 0 Å². The summed E-state index contributed by atoms with van der Waals surface area (Å²) in [7, 11) is 0. The highest BCUT2D eigenvalue weighted by atomic mass is 16.5. The van der Waals surface area contributed by atoms with E-state index in [1.807, 2.05) is 13.8 Å². The van der Waals surface area contributed by atoms with Gasteiger partial charge in [-0.2, -0.15) is 0 Å². The van der Waals surface area contributed by atoms with Crippen molar-refractivity contribution in [3.05, 3.63) is 0 Å². The van der Waals surface area contributed by atoms with Crippen LogP contribution in [0.25, 0.3) is 0 Å². The second-order valence-electron chi connectivity index (χ2n) is 5.75. The summed E-state index contributed by atoms with van der Waals surface area (Å²) in [4.78, 5) is 12.2. The second kappa shape index (κ2) is 4.46. The number of hydrogen-bond acceptors (Lipinski definition) is 3. The van der Waals surface area contributed by atoms with Gasteiger partial charge >= 0.3 is 0 Å². The van der Waals surface area contributed by atoms with E-state index in [1.54, 1.807) is 0 Å². The van der Waals surface area contributed by atoms with E-state index < -0.39 is 0 Å². The van der Waals surface area contributed by atoms with Gasteiger partial charge in [-0.3, -0.25) is 4.79 Å². The molecule has 0 aromatic rings. The third kappa shape index (κ3) is 2.16. The summed E-state index contributed by atoms with van der Waals surface area (Å²) in [5, 5.41) is 0. The molecule has 0 bridgehead atoms. The molecule has 1 saturated carbocycles. The summed E-state index contributed by atoms with van der Waals surface area (Å²) in [5.74, 6) is 0.642. The van der Waals surface area contributed by atoms with Gasteiger partial charge in [-0.1, -0.05) is 13.8 Å². The Hall–Kier alpha value is -0.410. The van der Waals surface area contributed by atoms with Gasteiger partial charge in [0.15, 0.2) is 5.78 Å². The number of hydrogen-bond donors (Lipinski definition) is 1. The molecule has 2 N–H and O–H groups in total. The largest absolute Gasteiger partial charge is 0.375 e. The van der Waals surface area contributed by atoms with E-state index in [-0.39, 0.29) is 29.3 Å². The van der Waals surface area contributed by atoms with Crippen LogP contribution in [0.15, 0.2) is 0 Å². The number of carbonyl (C=O) groups is 1. The zero-order chi connectivity index (χ0) is 11.8. The lowest BCUT2D eigenvalue weighted by Gasteiger charge is -2.47. The average Bonchev–Trinajstić information content (AvgIpc) is 2.25. The number of ketones is 1. The number of carbonyl (C=O) groups excluding carboxylic acids is 1. The van der Waals surface area contributed by atoms with E-state index >= 15 is 0 Å². The molecule has 1 saturated heterocycles. The van der Waals surface area contributed by atoms with Gasteiger partial charge in [0.25, 0.3) is 0 Å². The van der Waals surface area contributed by atoms with Crippen LogP contribution in [-0.4, -0.2) is 24.0 Å². The highest BCUT2D eigenvalue weighted by Gasteiger charge is 2.45. The summed E-state index contributed by atoms with van der Waals surface area (Å²) in [6.07, 6.45) is 5.28. The van der Waals surface area contributed by atoms with Gasteiger partial charge in [0.1, 0.15) is 0 Å². The lowest BCUT2D eigenvalue weighted by Crippen LogP contribution is -2.50. The molecule has 2 aliphatic rings. The van der Waals surface area contributed by atoms with Crippen LogP contribution in [0.4, 0.5) is 0 Å². The van der Waals surface area contributed by atoms with Gasteiger partial charge in [-0.25, -0.2) is 0 Å². The van der Waals surface area contributed by atoms with Gasteiger partial charge in [0, 0.05) is 12.5 Å². The Morgan fingerprint density at radius 3 is 2.62 bits per heavy atom. The molecule has 0 amide bonds. The standard InChI is InChI=1S/C13H23NO2/c1-9(2)11(14)12(15)10-4-7-16-13(8-10)5-3-6-13/h9-11H,3-8,14H2,1-2H3. The van der Waals surface area contributed by atoms with Crippen LogP contribution in [0, 0.1) is 11.8 Å². The fraction of sp³-hybridized carbons (Fsp3) is 0.923. The molecule has 1 heterocycles. The third-order valence-corrected chi connectivity index (χ3v) is 4.21. The van der Waals surface area contributed by atoms with Crippen LogP contribution in [0.2, 0.25) is 0 Å². The summed E-state index contributed by atoms with van der Waals surface area (Å²) in [5.41, 5.74) is 6.00. The van der Waals surface area contributed by atoms with Crippen molar-refractivity contribution in [3.63, 3.8) is 0 Å². The first kappa shape index (κ1) is 12.1. The number of rotatable bonds is 3. The van der Waals surface area contributed by atoms with Gasteiger partial charge in [-0.05, 0) is 38.0 Å². The van der Waals surface area contributed by atoms with Crippen LogP contribution >= 0.6 is 0 Å². The Labute approximate surface area is 97.7 Å². The minimum absolute atomic E-state index is 0.0509. The highest BCUT2D eigenvalue weighted by Crippen LogP contribution is 2.44. The molecule has 3 nitrogen and oxygen atoms in total. The van der Waals surface area contributed by atoms with Crippen molar-refractivity contribution in [2.24, 2.45) is 17.6 Å². The molecule has 3 heteroatoms. The van der Waals surface area contributed by atoms with Crippen LogP contribution in [0.3, 0.4) is 0 Å². The molecule has 1 aliphatic heterocycles. The van der Waals surface area contributed by atoms with Crippen molar-refractivity contribution in [2.45, 2.75) is 57.6 Å². The predicted molar refractivity (Wildman–Crippen MR) is 63.1 cm³/mol. The van der Waals surface area contributed by atoms with E-state index in [0.717, 1.165) is 32.3 Å². The van der Waals surface area contributed by atoms with E-state index in [1.165, 1.54) is 6.42 Å². The first-order valence-corrected chi connectivity index (χ1v) is 6.47. The van der Waals surface area contributed by atoms with Crippen molar-refractivity contribution in [1.29, 1.82) is 0 Å². The average molecular weight is 225 g/mol. The third-order valence-electron chi connectivity index (χ3n) is 4.21. The monoisotopic (exact) mass is 225 g/mol. The smallest absolute Gasteiger partial charge is 0.153 e. The summed E-state index contributed by atoms with van der Waals surface area (Å²) in [6, 6.07) is -0.291. The Balaban J connectivity index is 1.96. The number of ether oxygens (including phenoxy) is 1. The van der Waals surface area contributed by atoms with E-state index in [4.69, 9.17) is 10.5 Å². The Morgan fingerprint density at radius 1 is 1.44 bits per heavy atom. The topological polar surface area (TPSA) is 52.3 Å². The fourth-order valence-corrected chi connectivity index (χ4v) is 2.79. The second-order valence-corrected chi connectivity index (χ2v) is 5.75. The van der Waals surface area contributed by atoms with E-state index in [2.05, 4.69) is 0 Å². The Bertz CT molecular complexity index is 271. The fourth-order valence-electron chi connectivity index (χ4n) is 2.79.